The van der Waals surface area contributed by atoms with Gasteiger partial charge in [0, 0.05) is 30.4 Å². The molecule has 2 aromatic heterocycles. The first-order valence-electron chi connectivity index (χ1n) is 9.70. The van der Waals surface area contributed by atoms with Crippen molar-refractivity contribution in [1.29, 1.82) is 0 Å². The van der Waals surface area contributed by atoms with Crippen molar-refractivity contribution in [2.24, 2.45) is 7.05 Å². The van der Waals surface area contributed by atoms with Gasteiger partial charge < -0.3 is 9.30 Å². The second-order valence-electron chi connectivity index (χ2n) is 7.31. The highest BCUT2D eigenvalue weighted by Crippen LogP contribution is 2.33. The van der Waals surface area contributed by atoms with Gasteiger partial charge in [-0.05, 0) is 44.0 Å². The minimum atomic E-state index is -3.64. The Hall–Kier alpha value is -2.98. The number of pyridine rings is 1. The number of nitrogens with zero attached hydrogens (tertiary/aromatic N) is 3. The van der Waals surface area contributed by atoms with Gasteiger partial charge in [-0.15, -0.1) is 0 Å². The highest BCUT2D eigenvalue weighted by atomic mass is 35.5. The number of hydrogen-bond donors (Lipinski definition) is 1. The van der Waals surface area contributed by atoms with E-state index in [0.717, 1.165) is 6.07 Å². The smallest absolute Gasteiger partial charge is 0.324 e. The van der Waals surface area contributed by atoms with Gasteiger partial charge in [0.15, 0.2) is 5.75 Å². The molecule has 32 heavy (non-hydrogen) atoms. The van der Waals surface area contributed by atoms with Crippen molar-refractivity contribution in [3.05, 3.63) is 62.8 Å². The highest BCUT2D eigenvalue weighted by Gasteiger charge is 2.17. The Morgan fingerprint density at radius 1 is 1.16 bits per heavy atom. The van der Waals surface area contributed by atoms with Gasteiger partial charge in [-0.25, -0.2) is 12.8 Å². The van der Waals surface area contributed by atoms with Gasteiger partial charge in [-0.1, -0.05) is 18.5 Å². The van der Waals surface area contributed by atoms with Crippen LogP contribution in [0.25, 0.3) is 11.3 Å². The van der Waals surface area contributed by atoms with E-state index in [-0.39, 0.29) is 33.9 Å². The number of ether oxygens (including phenoxy) is 1. The minimum absolute atomic E-state index is 0.0131. The van der Waals surface area contributed by atoms with Gasteiger partial charge >= 0.3 is 6.01 Å². The van der Waals surface area contributed by atoms with Crippen LogP contribution in [0.4, 0.5) is 10.2 Å². The monoisotopic (exact) mass is 480 g/mol. The van der Waals surface area contributed by atoms with Crippen molar-refractivity contribution in [1.82, 2.24) is 14.5 Å². The van der Waals surface area contributed by atoms with Crippen molar-refractivity contribution in [2.45, 2.75) is 27.2 Å². The Labute approximate surface area is 190 Å². The molecule has 0 unspecified atom stereocenters. The highest BCUT2D eigenvalue weighted by molar-refractivity contribution is 7.92. The molecule has 0 aliphatic rings. The molecule has 0 fully saturated rings. The summed E-state index contributed by atoms with van der Waals surface area (Å²) in [5, 5.41) is 0.0163. The summed E-state index contributed by atoms with van der Waals surface area (Å²) in [6, 6.07) is 5.22. The number of halogens is 2. The molecule has 1 aromatic carbocycles. The fourth-order valence-corrected chi connectivity index (χ4v) is 4.43. The van der Waals surface area contributed by atoms with Gasteiger partial charge in [0.2, 0.25) is 10.0 Å². The Bertz CT molecular complexity index is 1290. The predicted octanol–water partition coefficient (Wildman–Crippen LogP) is 4.20. The minimum Gasteiger partial charge on any atom is -0.422 e. The van der Waals surface area contributed by atoms with Crippen LogP contribution < -0.4 is 15.0 Å². The Morgan fingerprint density at radius 3 is 2.50 bits per heavy atom. The molecule has 3 rings (SSSR count). The van der Waals surface area contributed by atoms with Gasteiger partial charge in [0.05, 0.1) is 16.5 Å². The molecule has 11 heteroatoms. The lowest BCUT2D eigenvalue weighted by atomic mass is 10.1. The number of hydrogen-bond acceptors (Lipinski definition) is 6. The summed E-state index contributed by atoms with van der Waals surface area (Å²) in [6.45, 7) is 5.01. The van der Waals surface area contributed by atoms with Crippen LogP contribution in [0.1, 0.15) is 24.5 Å². The summed E-state index contributed by atoms with van der Waals surface area (Å²) in [5.74, 6) is -0.488. The van der Waals surface area contributed by atoms with Gasteiger partial charge in [0.1, 0.15) is 11.6 Å². The third-order valence-corrected chi connectivity index (χ3v) is 6.23. The number of anilines is 1. The first kappa shape index (κ1) is 23.7. The fourth-order valence-electron chi connectivity index (χ4n) is 3.08. The number of nitrogens with one attached hydrogen (secondary N) is 1. The van der Waals surface area contributed by atoms with Gasteiger partial charge in [0.25, 0.3) is 5.56 Å². The van der Waals surface area contributed by atoms with E-state index in [9.17, 15) is 17.6 Å². The zero-order valence-corrected chi connectivity index (χ0v) is 19.5. The maximum Gasteiger partial charge on any atom is 0.324 e. The molecule has 0 saturated heterocycles. The third kappa shape index (κ3) is 5.43. The standard InChI is InChI=1S/C21H22ClFN4O4S/c1-5-6-32(29,30)26-18-10-17(14-7-13(3)20(28)27(4)11-14)24-21(25-18)31-19-12(2)8-15(23)9-16(19)22/h7-11H,5-6H2,1-4H3,(H,24,25,26). The number of rotatable bonds is 7. The van der Waals surface area contributed by atoms with Crippen LogP contribution in [0.5, 0.6) is 11.8 Å². The number of aryl methyl sites for hydroxylation is 3. The summed E-state index contributed by atoms with van der Waals surface area (Å²) in [4.78, 5) is 20.6. The maximum absolute atomic E-state index is 13.6. The average Bonchev–Trinajstić information content (AvgIpc) is 2.67. The maximum atomic E-state index is 13.6. The molecule has 2 heterocycles. The number of sulfonamides is 1. The van der Waals surface area contributed by atoms with Gasteiger partial charge in [-0.2, -0.15) is 9.97 Å². The molecule has 0 radical (unpaired) electrons. The van der Waals surface area contributed by atoms with Crippen molar-refractivity contribution in [3.63, 3.8) is 0 Å². The molecule has 0 bridgehead atoms. The SMILES string of the molecule is CCCS(=O)(=O)Nc1cc(-c2cc(C)c(=O)n(C)c2)nc(Oc2c(C)cc(F)cc2Cl)n1. The van der Waals surface area contributed by atoms with Crippen LogP contribution in [0.15, 0.2) is 35.3 Å². The number of benzene rings is 1. The summed E-state index contributed by atoms with van der Waals surface area (Å²) in [7, 11) is -2.04. The second kappa shape index (κ2) is 9.25. The normalized spacial score (nSPS) is 11.4. The van der Waals surface area contributed by atoms with E-state index in [1.54, 1.807) is 40.1 Å². The molecular weight excluding hydrogens is 459 g/mol. The molecule has 0 atom stereocenters. The van der Waals surface area contributed by atoms with E-state index in [1.165, 1.54) is 16.7 Å². The first-order valence-corrected chi connectivity index (χ1v) is 11.7. The number of aromatic nitrogens is 3. The first-order chi connectivity index (χ1) is 15.0. The van der Waals surface area contributed by atoms with Crippen molar-refractivity contribution in [3.8, 4) is 23.0 Å². The lowest BCUT2D eigenvalue weighted by Crippen LogP contribution is -2.19. The largest absolute Gasteiger partial charge is 0.422 e. The molecule has 0 aliphatic carbocycles. The molecule has 0 amide bonds. The molecule has 3 aromatic rings. The van der Waals surface area contributed by atoms with E-state index in [0.29, 0.717) is 28.8 Å². The van der Waals surface area contributed by atoms with Gasteiger partial charge in [-0.3, -0.25) is 9.52 Å². The molecule has 8 nitrogen and oxygen atoms in total. The van der Waals surface area contributed by atoms with Crippen molar-refractivity contribution < 1.29 is 17.5 Å². The zero-order chi connectivity index (χ0) is 23.6. The van der Waals surface area contributed by atoms with E-state index in [4.69, 9.17) is 16.3 Å². The second-order valence-corrected chi connectivity index (χ2v) is 9.55. The summed E-state index contributed by atoms with van der Waals surface area (Å²) in [6.07, 6.45) is 1.99. The Kier molecular flexibility index (Phi) is 6.85. The van der Waals surface area contributed by atoms with Crippen molar-refractivity contribution in [2.75, 3.05) is 10.5 Å². The molecule has 0 saturated carbocycles. The molecule has 1 N–H and O–H groups in total. The van der Waals surface area contributed by atoms with Crippen LogP contribution in [0.2, 0.25) is 5.02 Å². The molecule has 0 aliphatic heterocycles. The molecule has 0 spiro atoms. The van der Waals surface area contributed by atoms with Crippen LogP contribution in [0, 0.1) is 19.7 Å². The molecular formula is C21H22ClFN4O4S. The fraction of sp³-hybridized carbons (Fsp3) is 0.286. The van der Waals surface area contributed by atoms with Crippen molar-refractivity contribution >= 4 is 27.4 Å². The average molecular weight is 481 g/mol. The lowest BCUT2D eigenvalue weighted by Gasteiger charge is -2.13. The quantitative estimate of drug-likeness (QED) is 0.543. The summed E-state index contributed by atoms with van der Waals surface area (Å²) >= 11 is 6.12. The van der Waals surface area contributed by atoms with E-state index >= 15 is 0 Å². The van der Waals surface area contributed by atoms with E-state index < -0.39 is 15.8 Å². The lowest BCUT2D eigenvalue weighted by molar-refractivity contribution is 0.439. The summed E-state index contributed by atoms with van der Waals surface area (Å²) in [5.41, 5.74) is 1.59. The van der Waals surface area contributed by atoms with Crippen LogP contribution in [0.3, 0.4) is 0 Å². The Morgan fingerprint density at radius 2 is 1.88 bits per heavy atom. The van der Waals surface area contributed by atoms with Crippen LogP contribution in [-0.2, 0) is 17.1 Å². The topological polar surface area (TPSA) is 103 Å². The van der Waals surface area contributed by atoms with E-state index in [2.05, 4.69) is 14.7 Å². The zero-order valence-electron chi connectivity index (χ0n) is 17.9. The Balaban J connectivity index is 2.14. The third-order valence-electron chi connectivity index (χ3n) is 4.48. The predicted molar refractivity (Wildman–Crippen MR) is 121 cm³/mol. The van der Waals surface area contributed by atoms with Crippen LogP contribution in [-0.4, -0.2) is 28.7 Å². The van der Waals surface area contributed by atoms with Crippen LogP contribution >= 0.6 is 11.6 Å². The van der Waals surface area contributed by atoms with E-state index in [1.807, 2.05) is 0 Å². The summed E-state index contributed by atoms with van der Waals surface area (Å²) < 4.78 is 47.7. The molecule has 170 valence electrons.